The van der Waals surface area contributed by atoms with Gasteiger partial charge in [0.2, 0.25) is 0 Å². The van der Waals surface area contributed by atoms with Crippen molar-refractivity contribution in [2.45, 2.75) is 44.4 Å². The van der Waals surface area contributed by atoms with Crippen LogP contribution in [-0.4, -0.2) is 39.3 Å². The zero-order valence-corrected chi connectivity index (χ0v) is 22.0. The molecule has 3 aromatic carbocycles. The van der Waals surface area contributed by atoms with E-state index in [9.17, 15) is 31.1 Å². The van der Waals surface area contributed by atoms with E-state index in [0.29, 0.717) is 24.5 Å². The Morgan fingerprint density at radius 2 is 1.39 bits per heavy atom. The summed E-state index contributed by atoms with van der Waals surface area (Å²) in [5, 5.41) is 6.32. The monoisotopic (exact) mass is 578 g/mol. The van der Waals surface area contributed by atoms with Crippen molar-refractivity contribution < 1.29 is 31.1 Å². The number of aromatic nitrogens is 3. The fraction of sp³-hybridized carbons (Fsp3) is 0.310. The number of rotatable bonds is 11. The maximum absolute atomic E-state index is 13.4. The summed E-state index contributed by atoms with van der Waals surface area (Å²) in [5.41, 5.74) is -1.66. The summed E-state index contributed by atoms with van der Waals surface area (Å²) >= 11 is 0. The van der Waals surface area contributed by atoms with Gasteiger partial charge in [0.25, 0.3) is 0 Å². The molecule has 0 amide bonds. The number of halogens is 6. The van der Waals surface area contributed by atoms with Crippen LogP contribution in [0.4, 0.5) is 26.3 Å². The van der Waals surface area contributed by atoms with Crippen LogP contribution in [0.1, 0.15) is 46.5 Å². The number of ether oxygens (including phenoxy) is 1. The smallest absolute Gasteiger partial charge is 0.375 e. The molecular weight excluding hydrogens is 550 g/mol. The molecule has 0 aliphatic rings. The van der Waals surface area contributed by atoms with Gasteiger partial charge >= 0.3 is 18.0 Å². The second-order valence-corrected chi connectivity index (χ2v) is 9.48. The van der Waals surface area contributed by atoms with Crippen LogP contribution in [0.25, 0.3) is 0 Å². The summed E-state index contributed by atoms with van der Waals surface area (Å²) in [6.07, 6.45) is -9.91. The fourth-order valence-electron chi connectivity index (χ4n) is 4.81. The van der Waals surface area contributed by atoms with Gasteiger partial charge in [-0.3, -0.25) is 9.88 Å². The van der Waals surface area contributed by atoms with Gasteiger partial charge in [-0.1, -0.05) is 67.6 Å². The van der Waals surface area contributed by atoms with E-state index in [1.54, 1.807) is 0 Å². The Kier molecular flexibility index (Phi) is 9.34. The third-order valence-corrected chi connectivity index (χ3v) is 6.69. The molecule has 12 heteroatoms. The summed E-state index contributed by atoms with van der Waals surface area (Å²) in [7, 11) is 0. The molecule has 0 spiro atoms. The number of alkyl halides is 6. The zero-order chi connectivity index (χ0) is 29.6. The first-order chi connectivity index (χ1) is 19.5. The molecule has 0 saturated carbocycles. The van der Waals surface area contributed by atoms with E-state index in [0.717, 1.165) is 11.1 Å². The maximum Gasteiger partial charge on any atom is 0.416 e. The molecule has 0 saturated heterocycles. The number of aromatic amines is 2. The lowest BCUT2D eigenvalue weighted by atomic mass is 9.84. The lowest BCUT2D eigenvalue weighted by Crippen LogP contribution is -2.43. The Morgan fingerprint density at radius 3 is 1.83 bits per heavy atom. The molecule has 0 bridgehead atoms. The van der Waals surface area contributed by atoms with Crippen molar-refractivity contribution in [3.63, 3.8) is 0 Å². The largest absolute Gasteiger partial charge is 0.416 e. The average Bonchev–Trinajstić information content (AvgIpc) is 3.35. The Bertz CT molecular complexity index is 1380. The SMILES string of the molecule is CCN(Cc1n[nH]c(=O)[nH]1)C(COCc1cc(C(F)(F)F)cc(C(F)(F)F)c1)C(c1ccccc1)c1ccccc1. The van der Waals surface area contributed by atoms with Crippen molar-refractivity contribution in [2.75, 3.05) is 13.2 Å². The second-order valence-electron chi connectivity index (χ2n) is 9.48. The van der Waals surface area contributed by atoms with Crippen LogP contribution in [-0.2, 0) is 30.2 Å². The van der Waals surface area contributed by atoms with Crippen LogP contribution in [0.15, 0.2) is 83.7 Å². The molecule has 1 aromatic heterocycles. The number of benzene rings is 3. The third kappa shape index (κ3) is 7.86. The van der Waals surface area contributed by atoms with Crippen molar-refractivity contribution in [1.82, 2.24) is 20.1 Å². The molecular formula is C29H28F6N4O2. The summed E-state index contributed by atoms with van der Waals surface area (Å²) in [6.45, 7) is 2.06. The molecule has 1 atom stereocenters. The van der Waals surface area contributed by atoms with Gasteiger partial charge in [0.1, 0.15) is 5.82 Å². The van der Waals surface area contributed by atoms with E-state index in [2.05, 4.69) is 15.2 Å². The van der Waals surface area contributed by atoms with Crippen LogP contribution in [0.3, 0.4) is 0 Å². The van der Waals surface area contributed by atoms with Crippen LogP contribution < -0.4 is 5.69 Å². The number of nitrogens with one attached hydrogen (secondary N) is 2. The maximum atomic E-state index is 13.4. The first kappa shape index (κ1) is 30.1. The van der Waals surface area contributed by atoms with E-state index >= 15 is 0 Å². The first-order valence-corrected chi connectivity index (χ1v) is 12.8. The van der Waals surface area contributed by atoms with Crippen molar-refractivity contribution in [1.29, 1.82) is 0 Å². The molecule has 6 nitrogen and oxygen atoms in total. The number of hydrogen-bond acceptors (Lipinski definition) is 4. The summed E-state index contributed by atoms with van der Waals surface area (Å²) < 4.78 is 86.2. The fourth-order valence-corrected chi connectivity index (χ4v) is 4.81. The standard InChI is InChI=1S/C29H28F6N4O2/c1-2-39(16-25-36-27(40)38-37-25)24(26(20-9-5-3-6-10-20)21-11-7-4-8-12-21)18-41-17-19-13-22(28(30,31)32)15-23(14-19)29(33,34)35/h3-15,24,26H,2,16-18H2,1H3,(H2,36,37,38,40). The Balaban J connectivity index is 1.69. The van der Waals surface area contributed by atoms with Crippen molar-refractivity contribution in [3.05, 3.63) is 123 Å². The normalized spacial score (nSPS) is 13.2. The highest BCUT2D eigenvalue weighted by Gasteiger charge is 2.37. The van der Waals surface area contributed by atoms with Gasteiger partial charge in [-0.25, -0.2) is 9.89 Å². The van der Waals surface area contributed by atoms with E-state index in [1.807, 2.05) is 72.5 Å². The molecule has 2 N–H and O–H groups in total. The minimum absolute atomic E-state index is 0.0471. The van der Waals surface area contributed by atoms with E-state index in [4.69, 9.17) is 4.74 Å². The summed E-state index contributed by atoms with van der Waals surface area (Å²) in [4.78, 5) is 16.3. The molecule has 0 radical (unpaired) electrons. The first-order valence-electron chi connectivity index (χ1n) is 12.8. The molecule has 0 fully saturated rings. The highest BCUT2D eigenvalue weighted by molar-refractivity contribution is 5.35. The molecule has 4 aromatic rings. The van der Waals surface area contributed by atoms with Crippen LogP contribution >= 0.6 is 0 Å². The van der Waals surface area contributed by atoms with Crippen molar-refractivity contribution in [3.8, 4) is 0 Å². The summed E-state index contributed by atoms with van der Waals surface area (Å²) in [6, 6.07) is 20.0. The molecule has 4 rings (SSSR count). The molecule has 218 valence electrons. The van der Waals surface area contributed by atoms with Gasteiger partial charge in [0, 0.05) is 12.0 Å². The van der Waals surface area contributed by atoms with Gasteiger partial charge < -0.3 is 4.74 Å². The van der Waals surface area contributed by atoms with E-state index in [1.165, 1.54) is 0 Å². The van der Waals surface area contributed by atoms with E-state index in [-0.39, 0.29) is 30.7 Å². The van der Waals surface area contributed by atoms with Crippen LogP contribution in [0.2, 0.25) is 0 Å². The Labute approximate surface area is 232 Å². The van der Waals surface area contributed by atoms with Gasteiger partial charge in [-0.05, 0) is 41.4 Å². The lowest BCUT2D eigenvalue weighted by Gasteiger charge is -2.36. The number of nitrogens with zero attached hydrogens (tertiary/aromatic N) is 2. The minimum Gasteiger partial charge on any atom is -0.375 e. The van der Waals surface area contributed by atoms with Crippen LogP contribution in [0, 0.1) is 0 Å². The van der Waals surface area contributed by atoms with Gasteiger partial charge in [-0.15, -0.1) is 0 Å². The van der Waals surface area contributed by atoms with Gasteiger partial charge in [0.15, 0.2) is 0 Å². The molecule has 41 heavy (non-hydrogen) atoms. The summed E-state index contributed by atoms with van der Waals surface area (Å²) in [5.74, 6) is 0.0738. The Morgan fingerprint density at radius 1 is 0.854 bits per heavy atom. The van der Waals surface area contributed by atoms with Gasteiger partial charge in [0.05, 0.1) is 30.9 Å². The van der Waals surface area contributed by atoms with Crippen LogP contribution in [0.5, 0.6) is 0 Å². The zero-order valence-electron chi connectivity index (χ0n) is 22.0. The van der Waals surface area contributed by atoms with Crippen molar-refractivity contribution in [2.24, 2.45) is 0 Å². The molecule has 0 aliphatic carbocycles. The van der Waals surface area contributed by atoms with Gasteiger partial charge in [-0.2, -0.15) is 31.4 Å². The number of H-pyrrole nitrogens is 2. The second kappa shape index (κ2) is 12.7. The highest BCUT2D eigenvalue weighted by Crippen LogP contribution is 2.37. The molecule has 0 aliphatic heterocycles. The van der Waals surface area contributed by atoms with E-state index < -0.39 is 41.8 Å². The highest BCUT2D eigenvalue weighted by atomic mass is 19.4. The Hall–Kier alpha value is -3.90. The minimum atomic E-state index is -4.95. The topological polar surface area (TPSA) is 74.0 Å². The molecule has 1 unspecified atom stereocenters. The number of likely N-dealkylation sites (N-methyl/N-ethyl adjacent to an activating group) is 1. The number of hydrogen-bond donors (Lipinski definition) is 2. The predicted molar refractivity (Wildman–Crippen MR) is 140 cm³/mol. The quantitative estimate of drug-likeness (QED) is 0.203. The predicted octanol–water partition coefficient (Wildman–Crippen LogP) is 6.38. The van der Waals surface area contributed by atoms with Crippen molar-refractivity contribution >= 4 is 0 Å². The lowest BCUT2D eigenvalue weighted by molar-refractivity contribution is -0.143. The average molecular weight is 579 g/mol. The molecule has 1 heterocycles. The third-order valence-electron chi connectivity index (χ3n) is 6.69.